The molecule has 2 aliphatic rings. The minimum atomic E-state index is 0.201. The molecule has 16 heavy (non-hydrogen) atoms. The molecule has 0 aromatic carbocycles. The van der Waals surface area contributed by atoms with Crippen molar-refractivity contribution in [2.75, 3.05) is 0 Å². The molecule has 2 aliphatic carbocycles. The van der Waals surface area contributed by atoms with E-state index in [4.69, 9.17) is 0 Å². The molecular formula is C13H18N2O. The minimum absolute atomic E-state index is 0.201. The third-order valence-corrected chi connectivity index (χ3v) is 3.63. The first-order valence-electron chi connectivity index (χ1n) is 6.23. The Morgan fingerprint density at radius 3 is 2.81 bits per heavy atom. The van der Waals surface area contributed by atoms with Crippen LogP contribution >= 0.6 is 0 Å². The molecule has 3 nitrogen and oxygen atoms in total. The third-order valence-electron chi connectivity index (χ3n) is 3.63. The van der Waals surface area contributed by atoms with E-state index in [1.807, 2.05) is 4.68 Å². The van der Waals surface area contributed by atoms with Crippen LogP contribution in [0.25, 0.3) is 0 Å². The molecule has 3 heteroatoms. The lowest BCUT2D eigenvalue weighted by atomic mass is 10.1. The number of aromatic nitrogens is 2. The zero-order chi connectivity index (χ0) is 11.3. The number of hydrogen-bond acceptors (Lipinski definition) is 2. The van der Waals surface area contributed by atoms with Crippen LogP contribution in [0.5, 0.6) is 0 Å². The van der Waals surface area contributed by atoms with Gasteiger partial charge in [0.05, 0.1) is 12.2 Å². The van der Waals surface area contributed by atoms with Crippen LogP contribution in [0.3, 0.4) is 0 Å². The van der Waals surface area contributed by atoms with E-state index >= 15 is 0 Å². The Hall–Kier alpha value is -1.12. The monoisotopic (exact) mass is 218 g/mol. The van der Waals surface area contributed by atoms with E-state index in [1.165, 1.54) is 36.2 Å². The number of nitrogens with zero attached hydrogens (tertiary/aromatic N) is 2. The van der Waals surface area contributed by atoms with Gasteiger partial charge in [0.1, 0.15) is 0 Å². The van der Waals surface area contributed by atoms with Gasteiger partial charge < -0.3 is 0 Å². The maximum absolute atomic E-state index is 11.2. The van der Waals surface area contributed by atoms with Crippen molar-refractivity contribution in [2.45, 2.75) is 52.0 Å². The van der Waals surface area contributed by atoms with Gasteiger partial charge >= 0.3 is 0 Å². The summed E-state index contributed by atoms with van der Waals surface area (Å²) < 4.78 is 1.97. The van der Waals surface area contributed by atoms with Crippen molar-refractivity contribution in [1.82, 2.24) is 9.78 Å². The topological polar surface area (TPSA) is 34.9 Å². The molecule has 0 amide bonds. The van der Waals surface area contributed by atoms with Crippen LogP contribution in [0.2, 0.25) is 0 Å². The second-order valence-corrected chi connectivity index (χ2v) is 5.46. The summed E-state index contributed by atoms with van der Waals surface area (Å²) in [6.07, 6.45) is 4.84. The first-order chi connectivity index (χ1) is 7.65. The van der Waals surface area contributed by atoms with Gasteiger partial charge in [0.25, 0.3) is 0 Å². The van der Waals surface area contributed by atoms with Gasteiger partial charge in [-0.1, -0.05) is 6.92 Å². The molecule has 0 bridgehead atoms. The smallest absolute Gasteiger partial charge is 0.151 e. The maximum atomic E-state index is 11.2. The molecule has 1 aromatic rings. The van der Waals surface area contributed by atoms with E-state index in [0.717, 1.165) is 12.3 Å². The summed E-state index contributed by atoms with van der Waals surface area (Å²) in [5.41, 5.74) is 4.11. The lowest BCUT2D eigenvalue weighted by Gasteiger charge is -2.04. The molecular weight excluding hydrogens is 200 g/mol. The third kappa shape index (κ3) is 1.58. The van der Waals surface area contributed by atoms with Gasteiger partial charge in [-0.2, -0.15) is 5.10 Å². The van der Waals surface area contributed by atoms with Crippen molar-refractivity contribution in [2.24, 2.45) is 5.92 Å². The summed E-state index contributed by atoms with van der Waals surface area (Å²) in [6, 6.07) is 0. The van der Waals surface area contributed by atoms with Crippen LogP contribution < -0.4 is 0 Å². The van der Waals surface area contributed by atoms with Crippen LogP contribution in [0.15, 0.2) is 0 Å². The quantitative estimate of drug-likeness (QED) is 0.778. The highest BCUT2D eigenvalue weighted by Crippen LogP contribution is 2.44. The fraction of sp³-hybridized carbons (Fsp3) is 0.692. The molecule has 1 saturated carbocycles. The minimum Gasteiger partial charge on any atom is -0.298 e. The average Bonchev–Trinajstić information content (AvgIpc) is 2.89. The summed E-state index contributed by atoms with van der Waals surface area (Å²) in [4.78, 5) is 11.2. The Morgan fingerprint density at radius 2 is 2.19 bits per heavy atom. The van der Waals surface area contributed by atoms with Gasteiger partial charge in [-0.3, -0.25) is 9.48 Å². The highest BCUT2D eigenvalue weighted by molar-refractivity contribution is 5.75. The second-order valence-electron chi connectivity index (χ2n) is 5.46. The lowest BCUT2D eigenvalue weighted by Crippen LogP contribution is -2.11. The standard InChI is InChI=1S/C13H18N2O/c1-8-5-11-12(6-8)15(7-9(2)16)14-13(11)10-3-4-10/h8,10H,3-7H2,1-2H3. The van der Waals surface area contributed by atoms with E-state index in [0.29, 0.717) is 12.5 Å². The molecule has 1 fully saturated rings. The van der Waals surface area contributed by atoms with Crippen molar-refractivity contribution in [3.8, 4) is 0 Å². The van der Waals surface area contributed by atoms with Crippen molar-refractivity contribution in [1.29, 1.82) is 0 Å². The molecule has 0 N–H and O–H groups in total. The number of ketones is 1. The molecule has 0 spiro atoms. The summed E-state index contributed by atoms with van der Waals surface area (Å²) in [5, 5.41) is 4.66. The van der Waals surface area contributed by atoms with E-state index in [9.17, 15) is 4.79 Å². The van der Waals surface area contributed by atoms with Gasteiger partial charge in [-0.05, 0) is 44.1 Å². The molecule has 0 radical (unpaired) electrons. The largest absolute Gasteiger partial charge is 0.298 e. The van der Waals surface area contributed by atoms with E-state index < -0.39 is 0 Å². The Bertz CT molecular complexity index is 443. The number of fused-ring (bicyclic) bond motifs is 1. The molecule has 1 unspecified atom stereocenters. The predicted octanol–water partition coefficient (Wildman–Crippen LogP) is 2.08. The number of Topliss-reactive ketones (excluding diaryl/α,β-unsaturated/α-hetero) is 1. The van der Waals surface area contributed by atoms with Crippen LogP contribution in [0.1, 0.15) is 49.6 Å². The van der Waals surface area contributed by atoms with Crippen molar-refractivity contribution in [3.63, 3.8) is 0 Å². The zero-order valence-electron chi connectivity index (χ0n) is 9.99. The van der Waals surface area contributed by atoms with Crippen LogP contribution in [0, 0.1) is 5.92 Å². The van der Waals surface area contributed by atoms with Crippen LogP contribution in [0.4, 0.5) is 0 Å². The Morgan fingerprint density at radius 1 is 1.44 bits per heavy atom. The van der Waals surface area contributed by atoms with Gasteiger partial charge in [-0.25, -0.2) is 0 Å². The summed E-state index contributed by atoms with van der Waals surface area (Å²) in [5.74, 6) is 1.63. The Kier molecular flexibility index (Phi) is 2.16. The van der Waals surface area contributed by atoms with Gasteiger partial charge in [0.15, 0.2) is 5.78 Å². The molecule has 3 rings (SSSR count). The SMILES string of the molecule is CC(=O)Cn1nc(C2CC2)c2c1CC(C)C2. The maximum Gasteiger partial charge on any atom is 0.151 e. The zero-order valence-corrected chi connectivity index (χ0v) is 9.99. The van der Waals surface area contributed by atoms with E-state index in [1.54, 1.807) is 6.92 Å². The summed E-state index contributed by atoms with van der Waals surface area (Å²) in [6.45, 7) is 4.39. The molecule has 1 heterocycles. The fourth-order valence-corrected chi connectivity index (χ4v) is 2.78. The van der Waals surface area contributed by atoms with E-state index in [-0.39, 0.29) is 5.78 Å². The van der Waals surface area contributed by atoms with Crippen molar-refractivity contribution >= 4 is 5.78 Å². The Labute approximate surface area is 95.8 Å². The first kappa shape index (κ1) is 10.1. The highest BCUT2D eigenvalue weighted by atomic mass is 16.1. The van der Waals surface area contributed by atoms with Crippen molar-refractivity contribution in [3.05, 3.63) is 17.0 Å². The Balaban J connectivity index is 1.99. The number of hydrogen-bond donors (Lipinski definition) is 0. The number of carbonyl (C=O) groups excluding carboxylic acids is 1. The fourth-order valence-electron chi connectivity index (χ4n) is 2.78. The number of rotatable bonds is 3. The normalized spacial score (nSPS) is 23.5. The van der Waals surface area contributed by atoms with Gasteiger partial charge in [0.2, 0.25) is 0 Å². The van der Waals surface area contributed by atoms with E-state index in [2.05, 4.69) is 12.0 Å². The lowest BCUT2D eigenvalue weighted by molar-refractivity contribution is -0.117. The molecule has 1 atom stereocenters. The predicted molar refractivity (Wildman–Crippen MR) is 61.5 cm³/mol. The van der Waals surface area contributed by atoms with Gasteiger partial charge in [-0.15, -0.1) is 0 Å². The molecule has 0 aliphatic heterocycles. The van der Waals surface area contributed by atoms with Crippen molar-refractivity contribution < 1.29 is 4.79 Å². The molecule has 0 saturated heterocycles. The summed E-state index contributed by atoms with van der Waals surface area (Å²) in [7, 11) is 0. The summed E-state index contributed by atoms with van der Waals surface area (Å²) >= 11 is 0. The second kappa shape index (κ2) is 3.44. The average molecular weight is 218 g/mol. The van der Waals surface area contributed by atoms with Gasteiger partial charge in [0, 0.05) is 11.6 Å². The first-order valence-corrected chi connectivity index (χ1v) is 6.23. The molecule has 86 valence electrons. The highest BCUT2D eigenvalue weighted by Gasteiger charge is 2.34. The van der Waals surface area contributed by atoms with Crippen LogP contribution in [-0.4, -0.2) is 15.6 Å². The molecule has 1 aromatic heterocycles. The van der Waals surface area contributed by atoms with Crippen LogP contribution in [-0.2, 0) is 24.2 Å². The number of carbonyl (C=O) groups is 1.